The van der Waals surface area contributed by atoms with Gasteiger partial charge in [-0.05, 0) is 17.9 Å². The second kappa shape index (κ2) is 7.32. The van der Waals surface area contributed by atoms with Gasteiger partial charge in [0.1, 0.15) is 0 Å². The SMILES string of the molecule is C=Cc1ccc(B(O)O)cc1.CCO. The molecule has 0 heterocycles. The second-order valence-electron chi connectivity index (χ2n) is 2.56. The van der Waals surface area contributed by atoms with E-state index in [0.717, 1.165) is 5.56 Å². The lowest BCUT2D eigenvalue weighted by molar-refractivity contribution is 0.318. The normalized spacial score (nSPS) is 8.57. The van der Waals surface area contributed by atoms with Gasteiger partial charge in [-0.2, -0.15) is 0 Å². The van der Waals surface area contributed by atoms with Gasteiger partial charge in [-0.15, -0.1) is 0 Å². The molecule has 0 bridgehead atoms. The highest BCUT2D eigenvalue weighted by molar-refractivity contribution is 6.58. The van der Waals surface area contributed by atoms with Crippen LogP contribution in [0.5, 0.6) is 0 Å². The lowest BCUT2D eigenvalue weighted by atomic mass is 9.80. The highest BCUT2D eigenvalue weighted by Crippen LogP contribution is 1.97. The average Bonchev–Trinajstić information content (AvgIpc) is 2.19. The number of rotatable bonds is 2. The molecule has 76 valence electrons. The molecule has 1 aromatic carbocycles. The number of benzene rings is 1. The Morgan fingerprint density at radius 3 is 2.00 bits per heavy atom. The van der Waals surface area contributed by atoms with Gasteiger partial charge in [0.25, 0.3) is 0 Å². The zero-order chi connectivity index (χ0) is 11.0. The van der Waals surface area contributed by atoms with E-state index in [1.165, 1.54) is 0 Å². The summed E-state index contributed by atoms with van der Waals surface area (Å²) in [7, 11) is -1.38. The summed E-state index contributed by atoms with van der Waals surface area (Å²) in [6.45, 7) is 5.51. The molecule has 4 heteroatoms. The van der Waals surface area contributed by atoms with Crippen LogP contribution in [0.25, 0.3) is 6.08 Å². The third kappa shape index (κ3) is 4.82. The summed E-state index contributed by atoms with van der Waals surface area (Å²) in [5.41, 5.74) is 1.46. The van der Waals surface area contributed by atoms with Crippen molar-refractivity contribution in [2.45, 2.75) is 6.92 Å². The summed E-state index contributed by atoms with van der Waals surface area (Å²) in [5.74, 6) is 0. The van der Waals surface area contributed by atoms with E-state index in [2.05, 4.69) is 6.58 Å². The number of hydrogen-bond donors (Lipinski definition) is 3. The average molecular weight is 194 g/mol. The molecule has 0 radical (unpaired) electrons. The van der Waals surface area contributed by atoms with Gasteiger partial charge in [0.2, 0.25) is 0 Å². The minimum Gasteiger partial charge on any atom is -0.423 e. The van der Waals surface area contributed by atoms with E-state index < -0.39 is 7.12 Å². The fraction of sp³-hybridized carbons (Fsp3) is 0.200. The lowest BCUT2D eigenvalue weighted by Crippen LogP contribution is -2.29. The molecule has 0 amide bonds. The predicted molar refractivity (Wildman–Crippen MR) is 59.1 cm³/mol. The Bertz CT molecular complexity index is 257. The summed E-state index contributed by atoms with van der Waals surface area (Å²) in [4.78, 5) is 0. The third-order valence-electron chi connectivity index (χ3n) is 1.47. The van der Waals surface area contributed by atoms with Gasteiger partial charge in [-0.1, -0.05) is 36.9 Å². The van der Waals surface area contributed by atoms with Crippen LogP contribution < -0.4 is 5.46 Å². The summed E-state index contributed by atoms with van der Waals surface area (Å²) >= 11 is 0. The molecule has 1 rings (SSSR count). The van der Waals surface area contributed by atoms with Crippen LogP contribution in [0.2, 0.25) is 0 Å². The standard InChI is InChI=1S/C8H9BO2.C2H6O/c1-2-7-3-5-8(6-4-7)9(10)11;1-2-3/h2-6,10-11H,1H2;3H,2H2,1H3. The van der Waals surface area contributed by atoms with Gasteiger partial charge in [0.05, 0.1) is 0 Å². The first-order valence-electron chi connectivity index (χ1n) is 4.35. The molecular weight excluding hydrogens is 179 g/mol. The Morgan fingerprint density at radius 2 is 1.71 bits per heavy atom. The van der Waals surface area contributed by atoms with E-state index in [-0.39, 0.29) is 6.61 Å². The number of hydrogen-bond acceptors (Lipinski definition) is 3. The van der Waals surface area contributed by atoms with Crippen LogP contribution in [0.3, 0.4) is 0 Å². The maximum absolute atomic E-state index is 8.72. The van der Waals surface area contributed by atoms with Crippen molar-refractivity contribution < 1.29 is 15.2 Å². The highest BCUT2D eigenvalue weighted by atomic mass is 16.4. The van der Waals surface area contributed by atoms with Crippen LogP contribution in [-0.2, 0) is 0 Å². The van der Waals surface area contributed by atoms with Crippen LogP contribution in [0.15, 0.2) is 30.8 Å². The van der Waals surface area contributed by atoms with Crippen molar-refractivity contribution >= 4 is 18.7 Å². The van der Waals surface area contributed by atoms with Gasteiger partial charge >= 0.3 is 7.12 Å². The summed E-state index contributed by atoms with van der Waals surface area (Å²) in [5, 5.41) is 25.0. The molecule has 0 unspecified atom stereocenters. The third-order valence-corrected chi connectivity index (χ3v) is 1.47. The van der Waals surface area contributed by atoms with Crippen molar-refractivity contribution in [2.24, 2.45) is 0 Å². The Kier molecular flexibility index (Phi) is 6.75. The van der Waals surface area contributed by atoms with E-state index in [9.17, 15) is 0 Å². The maximum Gasteiger partial charge on any atom is 0.488 e. The number of aliphatic hydroxyl groups is 1. The van der Waals surface area contributed by atoms with Crippen molar-refractivity contribution in [1.82, 2.24) is 0 Å². The Balaban J connectivity index is 0.000000500. The summed E-state index contributed by atoms with van der Waals surface area (Å²) in [6, 6.07) is 6.87. The zero-order valence-corrected chi connectivity index (χ0v) is 8.22. The highest BCUT2D eigenvalue weighted by Gasteiger charge is 2.08. The molecule has 0 saturated heterocycles. The molecule has 0 aliphatic heterocycles. The Morgan fingerprint density at radius 1 is 1.29 bits per heavy atom. The number of aliphatic hydroxyl groups excluding tert-OH is 1. The molecule has 0 aromatic heterocycles. The fourth-order valence-corrected chi connectivity index (χ4v) is 0.804. The second-order valence-corrected chi connectivity index (χ2v) is 2.56. The Labute approximate surface area is 84.5 Å². The van der Waals surface area contributed by atoms with Crippen LogP contribution in [0, 0.1) is 0 Å². The van der Waals surface area contributed by atoms with E-state index in [4.69, 9.17) is 15.2 Å². The molecule has 14 heavy (non-hydrogen) atoms. The van der Waals surface area contributed by atoms with Crippen molar-refractivity contribution in [3.63, 3.8) is 0 Å². The van der Waals surface area contributed by atoms with Crippen molar-refractivity contribution in [2.75, 3.05) is 6.61 Å². The topological polar surface area (TPSA) is 60.7 Å². The monoisotopic (exact) mass is 194 g/mol. The van der Waals surface area contributed by atoms with Crippen LogP contribution >= 0.6 is 0 Å². The minimum atomic E-state index is -1.38. The van der Waals surface area contributed by atoms with Crippen molar-refractivity contribution in [1.29, 1.82) is 0 Å². The molecule has 0 atom stereocenters. The van der Waals surface area contributed by atoms with Gasteiger partial charge in [0, 0.05) is 6.61 Å². The molecule has 3 N–H and O–H groups in total. The van der Waals surface area contributed by atoms with E-state index in [1.54, 1.807) is 37.3 Å². The minimum absolute atomic E-state index is 0.250. The zero-order valence-electron chi connectivity index (χ0n) is 8.22. The molecule has 0 fully saturated rings. The van der Waals surface area contributed by atoms with Crippen LogP contribution in [-0.4, -0.2) is 28.9 Å². The molecule has 0 aliphatic carbocycles. The Hall–Kier alpha value is -1.10. The van der Waals surface area contributed by atoms with Crippen LogP contribution in [0.4, 0.5) is 0 Å². The molecule has 0 aliphatic rings. The molecule has 1 aromatic rings. The largest absolute Gasteiger partial charge is 0.488 e. The quantitative estimate of drug-likeness (QED) is 0.581. The molecule has 0 saturated carbocycles. The smallest absolute Gasteiger partial charge is 0.423 e. The maximum atomic E-state index is 8.72. The van der Waals surface area contributed by atoms with Gasteiger partial charge in [-0.3, -0.25) is 0 Å². The van der Waals surface area contributed by atoms with E-state index in [1.807, 2.05) is 0 Å². The first kappa shape index (κ1) is 12.9. The predicted octanol–water partition coefficient (Wildman–Crippen LogP) is 0.00800. The fourth-order valence-electron chi connectivity index (χ4n) is 0.804. The first-order valence-corrected chi connectivity index (χ1v) is 4.35. The molecule has 0 spiro atoms. The summed E-state index contributed by atoms with van der Waals surface area (Å²) in [6.07, 6.45) is 1.70. The van der Waals surface area contributed by atoms with Gasteiger partial charge in [0.15, 0.2) is 0 Å². The molecule has 3 nitrogen and oxygen atoms in total. The van der Waals surface area contributed by atoms with Gasteiger partial charge < -0.3 is 15.2 Å². The van der Waals surface area contributed by atoms with Gasteiger partial charge in [-0.25, -0.2) is 0 Å². The summed E-state index contributed by atoms with van der Waals surface area (Å²) < 4.78 is 0. The lowest BCUT2D eigenvalue weighted by Gasteiger charge is -1.98. The van der Waals surface area contributed by atoms with Crippen LogP contribution in [0.1, 0.15) is 12.5 Å². The molecular formula is C10H15BO3. The van der Waals surface area contributed by atoms with E-state index >= 15 is 0 Å². The van der Waals surface area contributed by atoms with E-state index in [0.29, 0.717) is 5.46 Å². The first-order chi connectivity index (χ1) is 6.65. The van der Waals surface area contributed by atoms with Crippen molar-refractivity contribution in [3.05, 3.63) is 36.4 Å². The van der Waals surface area contributed by atoms with Crippen molar-refractivity contribution in [3.8, 4) is 0 Å².